The third-order valence-corrected chi connectivity index (χ3v) is 3.32. The van der Waals surface area contributed by atoms with Crippen LogP contribution in [0.3, 0.4) is 0 Å². The molecular weight excluding hydrogens is 248 g/mol. The van der Waals surface area contributed by atoms with Crippen LogP contribution in [0, 0.1) is 18.3 Å². The average Bonchev–Trinajstić information content (AvgIpc) is 2.44. The molecule has 0 aliphatic carbocycles. The Hall–Kier alpha value is -2.31. The summed E-state index contributed by atoms with van der Waals surface area (Å²) in [6.07, 6.45) is 0. The van der Waals surface area contributed by atoms with Crippen LogP contribution < -0.4 is 0 Å². The Morgan fingerprint density at radius 1 is 1.20 bits per heavy atom. The van der Waals surface area contributed by atoms with Crippen LogP contribution in [0.2, 0.25) is 0 Å². The molecule has 3 heteroatoms. The Morgan fingerprint density at radius 3 is 2.55 bits per heavy atom. The summed E-state index contributed by atoms with van der Waals surface area (Å²) in [4.78, 5) is 1.93. The second-order valence-corrected chi connectivity index (χ2v) is 4.99. The van der Waals surface area contributed by atoms with Gasteiger partial charge in [-0.2, -0.15) is 5.26 Å². The maximum Gasteiger partial charge on any atom is 0.127 e. The molecule has 0 aliphatic heterocycles. The van der Waals surface area contributed by atoms with Crippen LogP contribution in [0.4, 0.5) is 0 Å². The van der Waals surface area contributed by atoms with Crippen molar-refractivity contribution in [2.45, 2.75) is 19.5 Å². The van der Waals surface area contributed by atoms with E-state index in [4.69, 9.17) is 0 Å². The van der Waals surface area contributed by atoms with Crippen LogP contribution in [0.1, 0.15) is 22.7 Å². The second-order valence-electron chi connectivity index (χ2n) is 4.99. The molecule has 2 aromatic carbocycles. The molecule has 0 aromatic heterocycles. The van der Waals surface area contributed by atoms with Crippen molar-refractivity contribution >= 4 is 0 Å². The Balaban J connectivity index is 2.24. The van der Waals surface area contributed by atoms with E-state index in [1.54, 1.807) is 6.07 Å². The van der Waals surface area contributed by atoms with Gasteiger partial charge in [-0.3, -0.25) is 4.90 Å². The molecule has 20 heavy (non-hydrogen) atoms. The van der Waals surface area contributed by atoms with Crippen molar-refractivity contribution in [2.75, 3.05) is 7.05 Å². The number of phenolic OH excluding ortho intramolecular Hbond substituents is 1. The highest BCUT2D eigenvalue weighted by Gasteiger charge is 2.20. The van der Waals surface area contributed by atoms with Crippen molar-refractivity contribution in [1.29, 1.82) is 5.26 Å². The largest absolute Gasteiger partial charge is 0.508 e. The summed E-state index contributed by atoms with van der Waals surface area (Å²) in [5, 5.41) is 19.4. The van der Waals surface area contributed by atoms with Gasteiger partial charge < -0.3 is 5.11 Å². The highest BCUT2D eigenvalue weighted by Crippen LogP contribution is 2.29. The van der Waals surface area contributed by atoms with E-state index in [9.17, 15) is 10.4 Å². The molecule has 0 heterocycles. The van der Waals surface area contributed by atoms with E-state index in [0.29, 0.717) is 12.1 Å². The molecule has 0 radical (unpaired) electrons. The zero-order chi connectivity index (χ0) is 14.5. The molecule has 3 nitrogen and oxygen atoms in total. The van der Waals surface area contributed by atoms with Crippen LogP contribution in [0.15, 0.2) is 48.5 Å². The zero-order valence-electron chi connectivity index (χ0n) is 11.7. The fourth-order valence-electron chi connectivity index (χ4n) is 2.26. The van der Waals surface area contributed by atoms with E-state index in [2.05, 4.69) is 6.07 Å². The monoisotopic (exact) mass is 266 g/mol. The SMILES string of the molecule is Cc1ccc(O)c(C(C#N)N(C)Cc2ccccc2)c1. The van der Waals surface area contributed by atoms with Crippen LogP contribution in [-0.2, 0) is 6.54 Å². The van der Waals surface area contributed by atoms with Crippen molar-refractivity contribution in [1.82, 2.24) is 4.90 Å². The number of hydrogen-bond acceptors (Lipinski definition) is 3. The molecule has 0 saturated carbocycles. The van der Waals surface area contributed by atoms with E-state index < -0.39 is 6.04 Å². The number of nitriles is 1. The van der Waals surface area contributed by atoms with Crippen molar-refractivity contribution < 1.29 is 5.11 Å². The number of nitrogens with zero attached hydrogens (tertiary/aromatic N) is 2. The average molecular weight is 266 g/mol. The van der Waals surface area contributed by atoms with Gasteiger partial charge in [0.25, 0.3) is 0 Å². The van der Waals surface area contributed by atoms with E-state index in [1.165, 1.54) is 0 Å². The molecule has 0 aliphatic rings. The van der Waals surface area contributed by atoms with Gasteiger partial charge in [-0.25, -0.2) is 0 Å². The van der Waals surface area contributed by atoms with Gasteiger partial charge in [0.15, 0.2) is 0 Å². The summed E-state index contributed by atoms with van der Waals surface area (Å²) < 4.78 is 0. The van der Waals surface area contributed by atoms with Gasteiger partial charge in [0.1, 0.15) is 11.8 Å². The third kappa shape index (κ3) is 3.17. The fourth-order valence-corrected chi connectivity index (χ4v) is 2.26. The van der Waals surface area contributed by atoms with Crippen molar-refractivity contribution in [3.05, 3.63) is 65.2 Å². The summed E-state index contributed by atoms with van der Waals surface area (Å²) in [6.45, 7) is 2.61. The van der Waals surface area contributed by atoms with Gasteiger partial charge in [-0.05, 0) is 31.7 Å². The number of aryl methyl sites for hydroxylation is 1. The van der Waals surface area contributed by atoms with Crippen LogP contribution in [-0.4, -0.2) is 17.1 Å². The molecule has 1 atom stereocenters. The topological polar surface area (TPSA) is 47.3 Å². The predicted octanol–water partition coefficient (Wildman–Crippen LogP) is 3.40. The number of hydrogen-bond donors (Lipinski definition) is 1. The van der Waals surface area contributed by atoms with Gasteiger partial charge in [0, 0.05) is 12.1 Å². The molecule has 0 bridgehead atoms. The first-order valence-electron chi connectivity index (χ1n) is 6.55. The van der Waals surface area contributed by atoms with Crippen molar-refractivity contribution in [2.24, 2.45) is 0 Å². The Morgan fingerprint density at radius 2 is 1.90 bits per heavy atom. The minimum Gasteiger partial charge on any atom is -0.508 e. The molecule has 1 unspecified atom stereocenters. The molecule has 0 fully saturated rings. The van der Waals surface area contributed by atoms with Gasteiger partial charge in [0.2, 0.25) is 0 Å². The minimum absolute atomic E-state index is 0.169. The molecule has 2 rings (SSSR count). The quantitative estimate of drug-likeness (QED) is 0.922. The maximum atomic E-state index is 9.97. The predicted molar refractivity (Wildman–Crippen MR) is 79.1 cm³/mol. The smallest absolute Gasteiger partial charge is 0.127 e. The van der Waals surface area contributed by atoms with E-state index >= 15 is 0 Å². The van der Waals surface area contributed by atoms with E-state index in [1.807, 2.05) is 61.3 Å². The third-order valence-electron chi connectivity index (χ3n) is 3.32. The van der Waals surface area contributed by atoms with Gasteiger partial charge in [-0.1, -0.05) is 42.0 Å². The molecular formula is C17H18N2O. The molecule has 2 aromatic rings. The first-order chi connectivity index (χ1) is 9.61. The standard InChI is InChI=1S/C17H18N2O/c1-13-8-9-17(20)15(10-13)16(11-18)19(2)12-14-6-4-3-5-7-14/h3-10,16,20H,12H2,1-2H3. The number of benzene rings is 2. The Labute approximate surface area is 119 Å². The van der Waals surface area contributed by atoms with Crippen molar-refractivity contribution in [3.63, 3.8) is 0 Å². The number of aromatic hydroxyl groups is 1. The lowest BCUT2D eigenvalue weighted by Crippen LogP contribution is -2.23. The van der Waals surface area contributed by atoms with Gasteiger partial charge in [-0.15, -0.1) is 0 Å². The highest BCUT2D eigenvalue weighted by molar-refractivity contribution is 5.40. The lowest BCUT2D eigenvalue weighted by atomic mass is 10.0. The summed E-state index contributed by atoms with van der Waals surface area (Å²) in [5.74, 6) is 0.169. The summed E-state index contributed by atoms with van der Waals surface area (Å²) in [7, 11) is 1.89. The molecule has 0 saturated heterocycles. The van der Waals surface area contributed by atoms with Crippen LogP contribution in [0.5, 0.6) is 5.75 Å². The van der Waals surface area contributed by atoms with Crippen LogP contribution >= 0.6 is 0 Å². The number of phenols is 1. The molecule has 1 N–H and O–H groups in total. The first-order valence-corrected chi connectivity index (χ1v) is 6.55. The van der Waals surface area contributed by atoms with E-state index in [0.717, 1.165) is 11.1 Å². The Kier molecular flexibility index (Phi) is 4.39. The molecule has 102 valence electrons. The fraction of sp³-hybridized carbons (Fsp3) is 0.235. The highest BCUT2D eigenvalue weighted by atomic mass is 16.3. The maximum absolute atomic E-state index is 9.97. The first kappa shape index (κ1) is 14.1. The van der Waals surface area contributed by atoms with Crippen LogP contribution in [0.25, 0.3) is 0 Å². The lowest BCUT2D eigenvalue weighted by molar-refractivity contribution is 0.277. The van der Waals surface area contributed by atoms with Gasteiger partial charge in [0.05, 0.1) is 6.07 Å². The summed E-state index contributed by atoms with van der Waals surface area (Å²) in [5.41, 5.74) is 2.83. The molecule has 0 amide bonds. The minimum atomic E-state index is -0.463. The summed E-state index contributed by atoms with van der Waals surface area (Å²) in [6, 6.07) is 17.1. The number of rotatable bonds is 4. The second kappa shape index (κ2) is 6.23. The van der Waals surface area contributed by atoms with Crippen molar-refractivity contribution in [3.8, 4) is 11.8 Å². The van der Waals surface area contributed by atoms with Gasteiger partial charge >= 0.3 is 0 Å². The molecule has 0 spiro atoms. The lowest BCUT2D eigenvalue weighted by Gasteiger charge is -2.23. The van der Waals surface area contributed by atoms with E-state index in [-0.39, 0.29) is 5.75 Å². The normalized spacial score (nSPS) is 12.1. The Bertz CT molecular complexity index is 617. The summed E-state index contributed by atoms with van der Waals surface area (Å²) >= 11 is 0. The zero-order valence-corrected chi connectivity index (χ0v) is 11.7.